The van der Waals surface area contributed by atoms with Gasteiger partial charge in [-0.2, -0.15) is 0 Å². The molecule has 0 bridgehead atoms. The van der Waals surface area contributed by atoms with E-state index >= 15 is 0 Å². The summed E-state index contributed by atoms with van der Waals surface area (Å²) >= 11 is 0. The molecule has 0 aliphatic carbocycles. The van der Waals surface area contributed by atoms with Gasteiger partial charge in [0.2, 0.25) is 0 Å². The molecule has 0 unspecified atom stereocenters. The topological polar surface area (TPSA) is 87.5 Å². The molecule has 0 aromatic carbocycles. The highest BCUT2D eigenvalue weighted by Gasteiger charge is 2.09. The number of aromatic nitrogens is 1. The van der Waals surface area contributed by atoms with Crippen LogP contribution in [0.1, 0.15) is 22.7 Å². The molecule has 2 rings (SSSR count). The summed E-state index contributed by atoms with van der Waals surface area (Å²) in [6.45, 7) is 4.16. The molecule has 2 aromatic rings. The molecule has 116 valence electrons. The molecular formula is C16H18N2O4. The highest BCUT2D eigenvalue weighted by molar-refractivity contribution is 5.89. The van der Waals surface area contributed by atoms with Crippen molar-refractivity contribution in [1.29, 1.82) is 0 Å². The molecule has 0 atom stereocenters. The highest BCUT2D eigenvalue weighted by Crippen LogP contribution is 2.18. The summed E-state index contributed by atoms with van der Waals surface area (Å²) in [6, 6.07) is 5.73. The standard InChI is InChI=1S/C16H18N2O4/c1-11-8-13(5-6-16(20)22-10-15(17)19)12(2)18(11)9-14-4-3-7-21-14/h3-8H,9-10H2,1-2H3,(H2,17,19)/b6-5+. The Kier molecular flexibility index (Phi) is 4.83. The van der Waals surface area contributed by atoms with Gasteiger partial charge in [-0.1, -0.05) is 0 Å². The first-order valence-corrected chi connectivity index (χ1v) is 6.79. The van der Waals surface area contributed by atoms with Crippen LogP contribution >= 0.6 is 0 Å². The molecule has 0 saturated heterocycles. The van der Waals surface area contributed by atoms with Crippen molar-refractivity contribution in [2.45, 2.75) is 20.4 Å². The number of amides is 1. The third-order valence-corrected chi connectivity index (χ3v) is 3.26. The molecule has 2 heterocycles. The Morgan fingerprint density at radius 2 is 2.18 bits per heavy atom. The minimum absolute atomic E-state index is 0.416. The normalized spacial score (nSPS) is 11.0. The fourth-order valence-electron chi connectivity index (χ4n) is 2.15. The molecule has 0 spiro atoms. The molecule has 0 radical (unpaired) electrons. The first kappa shape index (κ1) is 15.6. The number of carbonyl (C=O) groups is 2. The van der Waals surface area contributed by atoms with Gasteiger partial charge in [0.05, 0.1) is 12.8 Å². The van der Waals surface area contributed by atoms with Gasteiger partial charge >= 0.3 is 5.97 Å². The predicted octanol–water partition coefficient (Wildman–Crippen LogP) is 1.79. The zero-order chi connectivity index (χ0) is 16.1. The van der Waals surface area contributed by atoms with Crippen molar-refractivity contribution in [3.8, 4) is 0 Å². The van der Waals surface area contributed by atoms with Crippen molar-refractivity contribution in [1.82, 2.24) is 4.57 Å². The maximum absolute atomic E-state index is 11.4. The van der Waals surface area contributed by atoms with Gasteiger partial charge in [-0.15, -0.1) is 0 Å². The van der Waals surface area contributed by atoms with E-state index < -0.39 is 18.5 Å². The number of aryl methyl sites for hydroxylation is 1. The average molecular weight is 302 g/mol. The summed E-state index contributed by atoms with van der Waals surface area (Å²) in [7, 11) is 0. The molecule has 2 N–H and O–H groups in total. The summed E-state index contributed by atoms with van der Waals surface area (Å²) < 4.78 is 12.1. The number of nitrogens with zero attached hydrogens (tertiary/aromatic N) is 1. The minimum atomic E-state index is -0.682. The zero-order valence-electron chi connectivity index (χ0n) is 12.5. The Labute approximate surface area is 128 Å². The fraction of sp³-hybridized carbons (Fsp3) is 0.250. The van der Waals surface area contributed by atoms with Gasteiger partial charge in [0, 0.05) is 17.5 Å². The molecule has 2 aromatic heterocycles. The van der Waals surface area contributed by atoms with Crippen LogP contribution in [0.2, 0.25) is 0 Å². The lowest BCUT2D eigenvalue weighted by Crippen LogP contribution is -2.19. The van der Waals surface area contributed by atoms with Crippen LogP contribution in [-0.4, -0.2) is 23.1 Å². The van der Waals surface area contributed by atoms with E-state index in [1.165, 1.54) is 6.08 Å². The number of furan rings is 1. The molecule has 0 aliphatic heterocycles. The van der Waals surface area contributed by atoms with Gasteiger partial charge in [-0.05, 0) is 43.7 Å². The smallest absolute Gasteiger partial charge is 0.331 e. The van der Waals surface area contributed by atoms with E-state index in [4.69, 9.17) is 10.2 Å². The van der Waals surface area contributed by atoms with Crippen LogP contribution in [0.3, 0.4) is 0 Å². The Hall–Kier alpha value is -2.76. The number of primary amides is 1. The second-order valence-corrected chi connectivity index (χ2v) is 4.90. The number of hydrogen-bond acceptors (Lipinski definition) is 4. The number of carbonyl (C=O) groups excluding carboxylic acids is 2. The van der Waals surface area contributed by atoms with Crippen LogP contribution < -0.4 is 5.73 Å². The monoisotopic (exact) mass is 302 g/mol. The summed E-state index contributed by atoms with van der Waals surface area (Å²) in [6.07, 6.45) is 4.57. The van der Waals surface area contributed by atoms with Crippen molar-refractivity contribution >= 4 is 18.0 Å². The number of rotatable bonds is 6. The third kappa shape index (κ3) is 3.88. The van der Waals surface area contributed by atoms with Gasteiger partial charge in [0.25, 0.3) is 5.91 Å². The first-order chi connectivity index (χ1) is 10.5. The molecule has 0 fully saturated rings. The Balaban J connectivity index is 2.09. The van der Waals surface area contributed by atoms with E-state index in [0.717, 1.165) is 22.7 Å². The number of esters is 1. The largest absolute Gasteiger partial charge is 0.467 e. The SMILES string of the molecule is Cc1cc(/C=C/C(=O)OCC(N)=O)c(C)n1Cc1ccco1. The maximum atomic E-state index is 11.4. The van der Waals surface area contributed by atoms with E-state index in [-0.39, 0.29) is 0 Å². The molecule has 1 amide bonds. The maximum Gasteiger partial charge on any atom is 0.331 e. The lowest BCUT2D eigenvalue weighted by molar-refractivity contribution is -0.142. The van der Waals surface area contributed by atoms with Gasteiger partial charge in [-0.3, -0.25) is 4.79 Å². The van der Waals surface area contributed by atoms with E-state index in [9.17, 15) is 9.59 Å². The van der Waals surface area contributed by atoms with Crippen molar-refractivity contribution in [2.75, 3.05) is 6.61 Å². The molecule has 0 aliphatic rings. The molecular weight excluding hydrogens is 284 g/mol. The second-order valence-electron chi connectivity index (χ2n) is 4.90. The van der Waals surface area contributed by atoms with Crippen molar-refractivity contribution < 1.29 is 18.7 Å². The Morgan fingerprint density at radius 1 is 1.41 bits per heavy atom. The van der Waals surface area contributed by atoms with Gasteiger partial charge < -0.3 is 19.5 Å². The van der Waals surface area contributed by atoms with Crippen molar-refractivity contribution in [2.24, 2.45) is 5.73 Å². The first-order valence-electron chi connectivity index (χ1n) is 6.79. The van der Waals surface area contributed by atoms with Crippen LogP contribution in [0.5, 0.6) is 0 Å². The summed E-state index contributed by atoms with van der Waals surface area (Å²) in [5.41, 5.74) is 7.87. The number of ether oxygens (including phenoxy) is 1. The second kappa shape index (κ2) is 6.80. The molecule has 6 nitrogen and oxygen atoms in total. The number of nitrogens with two attached hydrogens (primary N) is 1. The van der Waals surface area contributed by atoms with Gasteiger partial charge in [0.1, 0.15) is 5.76 Å². The fourth-order valence-corrected chi connectivity index (χ4v) is 2.15. The van der Waals surface area contributed by atoms with Crippen LogP contribution in [-0.2, 0) is 20.9 Å². The average Bonchev–Trinajstić information content (AvgIpc) is 3.07. The van der Waals surface area contributed by atoms with Crippen LogP contribution in [0.25, 0.3) is 6.08 Å². The number of hydrogen-bond donors (Lipinski definition) is 1. The molecule has 6 heteroatoms. The van der Waals surface area contributed by atoms with Gasteiger partial charge in [0.15, 0.2) is 6.61 Å². The summed E-state index contributed by atoms with van der Waals surface area (Å²) in [5.74, 6) is -0.425. The van der Waals surface area contributed by atoms with Crippen molar-refractivity contribution in [3.63, 3.8) is 0 Å². The van der Waals surface area contributed by atoms with E-state index in [1.807, 2.05) is 32.0 Å². The quantitative estimate of drug-likeness (QED) is 0.651. The lowest BCUT2D eigenvalue weighted by atomic mass is 10.2. The van der Waals surface area contributed by atoms with E-state index in [0.29, 0.717) is 6.54 Å². The third-order valence-electron chi connectivity index (χ3n) is 3.26. The highest BCUT2D eigenvalue weighted by atomic mass is 16.5. The minimum Gasteiger partial charge on any atom is -0.467 e. The van der Waals surface area contributed by atoms with Crippen LogP contribution in [0, 0.1) is 13.8 Å². The Bertz CT molecular complexity index is 696. The Morgan fingerprint density at radius 3 is 2.82 bits per heavy atom. The zero-order valence-corrected chi connectivity index (χ0v) is 12.5. The summed E-state index contributed by atoms with van der Waals surface area (Å²) in [4.78, 5) is 22.0. The lowest BCUT2D eigenvalue weighted by Gasteiger charge is -2.07. The van der Waals surface area contributed by atoms with Crippen LogP contribution in [0.4, 0.5) is 0 Å². The molecule has 0 saturated carbocycles. The van der Waals surface area contributed by atoms with Crippen LogP contribution in [0.15, 0.2) is 35.0 Å². The van der Waals surface area contributed by atoms with E-state index in [2.05, 4.69) is 9.30 Å². The van der Waals surface area contributed by atoms with Gasteiger partial charge in [-0.25, -0.2) is 4.79 Å². The van der Waals surface area contributed by atoms with Crippen molar-refractivity contribution in [3.05, 3.63) is 53.2 Å². The molecule has 22 heavy (non-hydrogen) atoms. The predicted molar refractivity (Wildman–Crippen MR) is 80.9 cm³/mol. The summed E-state index contributed by atoms with van der Waals surface area (Å²) in [5, 5.41) is 0. The van der Waals surface area contributed by atoms with E-state index in [1.54, 1.807) is 12.3 Å².